The van der Waals surface area contributed by atoms with Crippen LogP contribution in [0.2, 0.25) is 5.02 Å². The molecule has 0 atom stereocenters. The van der Waals surface area contributed by atoms with Crippen LogP contribution in [0.4, 0.5) is 0 Å². The molecule has 6 nitrogen and oxygen atoms in total. The van der Waals surface area contributed by atoms with Crippen molar-refractivity contribution in [3.8, 4) is 17.2 Å². The summed E-state index contributed by atoms with van der Waals surface area (Å²) < 4.78 is 16.6. The number of carbonyl (C=O) groups is 1. The summed E-state index contributed by atoms with van der Waals surface area (Å²) >= 11 is 6.16. The zero-order chi connectivity index (χ0) is 22.1. The van der Waals surface area contributed by atoms with E-state index in [4.69, 9.17) is 25.8 Å². The average Bonchev–Trinajstić information content (AvgIpc) is 2.80. The van der Waals surface area contributed by atoms with Gasteiger partial charge in [0.2, 0.25) is 5.91 Å². The van der Waals surface area contributed by atoms with Gasteiger partial charge in [-0.1, -0.05) is 48.0 Å². The van der Waals surface area contributed by atoms with Gasteiger partial charge in [0.25, 0.3) is 0 Å². The molecule has 0 saturated carbocycles. The zero-order valence-electron chi connectivity index (χ0n) is 17.3. The molecule has 0 bridgehead atoms. The molecule has 0 aromatic heterocycles. The second-order valence-corrected chi connectivity index (χ2v) is 6.99. The normalized spacial score (nSPS) is 10.7. The maximum atomic E-state index is 12.3. The third-order valence-corrected chi connectivity index (χ3v) is 4.82. The lowest BCUT2D eigenvalue weighted by Gasteiger charge is -2.13. The molecule has 31 heavy (non-hydrogen) atoms. The van der Waals surface area contributed by atoms with Gasteiger partial charge in [0.05, 0.1) is 26.9 Å². The van der Waals surface area contributed by atoms with Crippen LogP contribution in [0.3, 0.4) is 0 Å². The summed E-state index contributed by atoms with van der Waals surface area (Å²) in [7, 11) is 3.13. The van der Waals surface area contributed by atoms with Crippen LogP contribution in [0.1, 0.15) is 16.7 Å². The van der Waals surface area contributed by atoms with Gasteiger partial charge >= 0.3 is 0 Å². The van der Waals surface area contributed by atoms with Crippen LogP contribution in [0.15, 0.2) is 71.8 Å². The van der Waals surface area contributed by atoms with Crippen molar-refractivity contribution < 1.29 is 19.0 Å². The van der Waals surface area contributed by atoms with E-state index < -0.39 is 0 Å². The zero-order valence-corrected chi connectivity index (χ0v) is 18.1. The van der Waals surface area contributed by atoms with E-state index in [9.17, 15) is 4.79 Å². The number of ether oxygens (including phenoxy) is 3. The van der Waals surface area contributed by atoms with Crippen LogP contribution in [0.5, 0.6) is 17.2 Å². The van der Waals surface area contributed by atoms with Crippen LogP contribution in [0.25, 0.3) is 0 Å². The number of carbonyl (C=O) groups excluding carboxylic acids is 1. The number of hydrazone groups is 1. The van der Waals surface area contributed by atoms with Gasteiger partial charge in [-0.15, -0.1) is 0 Å². The van der Waals surface area contributed by atoms with Crippen molar-refractivity contribution in [2.24, 2.45) is 5.10 Å². The lowest BCUT2D eigenvalue weighted by molar-refractivity contribution is -0.120. The van der Waals surface area contributed by atoms with E-state index in [0.717, 1.165) is 5.56 Å². The van der Waals surface area contributed by atoms with Gasteiger partial charge in [-0.05, 0) is 41.5 Å². The molecule has 3 aromatic rings. The summed E-state index contributed by atoms with van der Waals surface area (Å²) in [6.45, 7) is 0.378. The number of hydrogen-bond acceptors (Lipinski definition) is 5. The fraction of sp³-hybridized carbons (Fsp3) is 0.167. The van der Waals surface area contributed by atoms with Gasteiger partial charge in [-0.2, -0.15) is 5.10 Å². The maximum Gasteiger partial charge on any atom is 0.244 e. The molecule has 1 N–H and O–H groups in total. The average molecular weight is 439 g/mol. The first kappa shape index (κ1) is 22.2. The summed E-state index contributed by atoms with van der Waals surface area (Å²) in [6.07, 6.45) is 1.59. The Hall–Kier alpha value is -3.51. The second-order valence-electron chi connectivity index (χ2n) is 6.58. The van der Waals surface area contributed by atoms with E-state index in [1.807, 2.05) is 42.5 Å². The Kier molecular flexibility index (Phi) is 7.90. The van der Waals surface area contributed by atoms with Gasteiger partial charge in [-0.25, -0.2) is 5.43 Å². The Bertz CT molecular complexity index is 1050. The minimum Gasteiger partial charge on any atom is -0.497 e. The number of para-hydroxylation sites is 1. The Morgan fingerprint density at radius 1 is 1.03 bits per heavy atom. The van der Waals surface area contributed by atoms with E-state index in [0.29, 0.717) is 40.0 Å². The number of nitrogens with zero attached hydrogens (tertiary/aromatic N) is 1. The molecule has 0 saturated heterocycles. The molecule has 0 fully saturated rings. The fourth-order valence-electron chi connectivity index (χ4n) is 2.88. The fourth-order valence-corrected chi connectivity index (χ4v) is 3.06. The van der Waals surface area contributed by atoms with Crippen molar-refractivity contribution in [3.63, 3.8) is 0 Å². The van der Waals surface area contributed by atoms with Crippen LogP contribution >= 0.6 is 11.6 Å². The van der Waals surface area contributed by atoms with Crippen molar-refractivity contribution in [3.05, 3.63) is 88.4 Å². The van der Waals surface area contributed by atoms with Crippen molar-refractivity contribution in [2.75, 3.05) is 14.2 Å². The summed E-state index contributed by atoms with van der Waals surface area (Å²) in [5, 5.41) is 4.56. The molecular weight excluding hydrogens is 416 g/mol. The van der Waals surface area contributed by atoms with E-state index >= 15 is 0 Å². The van der Waals surface area contributed by atoms with Crippen LogP contribution in [0, 0.1) is 0 Å². The van der Waals surface area contributed by atoms with Crippen molar-refractivity contribution in [1.82, 2.24) is 5.43 Å². The molecular formula is C24H23ClN2O4. The van der Waals surface area contributed by atoms with Crippen molar-refractivity contribution >= 4 is 23.7 Å². The van der Waals surface area contributed by atoms with E-state index in [-0.39, 0.29) is 12.3 Å². The minimum absolute atomic E-state index is 0.0723. The first-order valence-electron chi connectivity index (χ1n) is 9.58. The third-order valence-electron chi connectivity index (χ3n) is 4.45. The van der Waals surface area contributed by atoms with Crippen LogP contribution in [-0.4, -0.2) is 26.3 Å². The molecule has 3 aromatic carbocycles. The minimum atomic E-state index is -0.305. The smallest absolute Gasteiger partial charge is 0.244 e. The molecule has 0 spiro atoms. The van der Waals surface area contributed by atoms with E-state index in [2.05, 4.69) is 10.5 Å². The van der Waals surface area contributed by atoms with E-state index in [1.54, 1.807) is 38.5 Å². The lowest BCUT2D eigenvalue weighted by atomic mass is 10.1. The summed E-state index contributed by atoms with van der Waals surface area (Å²) in [4.78, 5) is 12.3. The number of benzene rings is 3. The molecule has 0 heterocycles. The standard InChI is InChI=1S/C24H23ClN2O4/c1-29-20-11-12-21(25)19(13-20)14-23(28)27-26-15-18-9-6-10-22(30-2)24(18)31-16-17-7-4-3-5-8-17/h3-13,15H,14,16H2,1-2H3,(H,27,28)/b26-15+. The molecule has 3 rings (SSSR count). The molecule has 0 unspecified atom stereocenters. The number of halogens is 1. The second kappa shape index (κ2) is 11.0. The number of rotatable bonds is 9. The first-order valence-corrected chi connectivity index (χ1v) is 9.96. The maximum absolute atomic E-state index is 12.3. The van der Waals surface area contributed by atoms with Gasteiger partial charge in [0.1, 0.15) is 12.4 Å². The molecule has 0 radical (unpaired) electrons. The van der Waals surface area contributed by atoms with Crippen LogP contribution < -0.4 is 19.6 Å². The topological polar surface area (TPSA) is 69.2 Å². The van der Waals surface area contributed by atoms with Gasteiger partial charge in [-0.3, -0.25) is 4.79 Å². The lowest BCUT2D eigenvalue weighted by Crippen LogP contribution is -2.20. The molecule has 160 valence electrons. The predicted octanol–water partition coefficient (Wildman–Crippen LogP) is 4.63. The van der Waals surface area contributed by atoms with Gasteiger partial charge in [0, 0.05) is 10.6 Å². The third kappa shape index (κ3) is 6.23. The van der Waals surface area contributed by atoms with E-state index in [1.165, 1.54) is 6.21 Å². The number of amides is 1. The summed E-state index contributed by atoms with van der Waals surface area (Å²) in [5.41, 5.74) is 4.88. The first-order chi connectivity index (χ1) is 15.1. The highest BCUT2D eigenvalue weighted by Crippen LogP contribution is 2.31. The monoisotopic (exact) mass is 438 g/mol. The van der Waals surface area contributed by atoms with Crippen LogP contribution in [-0.2, 0) is 17.8 Å². The molecule has 1 amide bonds. The highest BCUT2D eigenvalue weighted by molar-refractivity contribution is 6.31. The Labute approximate surface area is 186 Å². The highest BCUT2D eigenvalue weighted by atomic mass is 35.5. The highest BCUT2D eigenvalue weighted by Gasteiger charge is 2.11. The Morgan fingerprint density at radius 2 is 1.84 bits per heavy atom. The van der Waals surface area contributed by atoms with Gasteiger partial charge in [0.15, 0.2) is 11.5 Å². The summed E-state index contributed by atoms with van der Waals surface area (Å²) in [6, 6.07) is 20.4. The molecule has 7 heteroatoms. The number of nitrogens with one attached hydrogen (secondary N) is 1. The van der Waals surface area contributed by atoms with Gasteiger partial charge < -0.3 is 14.2 Å². The summed E-state index contributed by atoms with van der Waals surface area (Å²) in [5.74, 6) is 1.45. The number of hydrogen-bond donors (Lipinski definition) is 1. The Balaban J connectivity index is 1.68. The van der Waals surface area contributed by atoms with Crippen molar-refractivity contribution in [2.45, 2.75) is 13.0 Å². The Morgan fingerprint density at radius 3 is 2.58 bits per heavy atom. The predicted molar refractivity (Wildman–Crippen MR) is 121 cm³/mol. The SMILES string of the molecule is COc1ccc(Cl)c(CC(=O)N/N=C/c2cccc(OC)c2OCc2ccccc2)c1. The van der Waals surface area contributed by atoms with Crippen molar-refractivity contribution in [1.29, 1.82) is 0 Å². The quantitative estimate of drug-likeness (QED) is 0.390. The largest absolute Gasteiger partial charge is 0.497 e. The molecule has 0 aliphatic heterocycles. The molecule has 0 aliphatic rings. The molecule has 0 aliphatic carbocycles. The number of methoxy groups -OCH3 is 2.